The summed E-state index contributed by atoms with van der Waals surface area (Å²) in [7, 11) is 0. The van der Waals surface area contributed by atoms with Crippen LogP contribution in [0.2, 0.25) is 0 Å². The highest BCUT2D eigenvalue weighted by molar-refractivity contribution is 7.10. The first-order valence-electron chi connectivity index (χ1n) is 5.01. The van der Waals surface area contributed by atoms with Gasteiger partial charge in [0.2, 0.25) is 5.91 Å². The van der Waals surface area contributed by atoms with Gasteiger partial charge in [-0.3, -0.25) is 4.79 Å². The fourth-order valence-corrected chi connectivity index (χ4v) is 2.07. The lowest BCUT2D eigenvalue weighted by atomic mass is 9.91. The average molecular weight is 226 g/mol. The van der Waals surface area contributed by atoms with E-state index < -0.39 is 6.04 Å². The highest BCUT2D eigenvalue weighted by atomic mass is 32.1. The van der Waals surface area contributed by atoms with E-state index in [1.807, 2.05) is 11.4 Å². The third-order valence-electron chi connectivity index (χ3n) is 2.31. The average Bonchev–Trinajstić information content (AvgIpc) is 2.67. The number of nitrogens with one attached hydrogen (secondary N) is 1. The molecule has 4 heteroatoms. The van der Waals surface area contributed by atoms with Gasteiger partial charge in [-0.2, -0.15) is 0 Å². The predicted molar refractivity (Wildman–Crippen MR) is 64.0 cm³/mol. The van der Waals surface area contributed by atoms with Gasteiger partial charge in [0, 0.05) is 16.8 Å². The molecule has 1 heterocycles. The zero-order valence-electron chi connectivity index (χ0n) is 9.41. The molecule has 1 aromatic heterocycles. The Balaban J connectivity index is 2.54. The van der Waals surface area contributed by atoms with Crippen LogP contribution in [0.5, 0.6) is 0 Å². The lowest BCUT2D eigenvalue weighted by molar-refractivity contribution is -0.122. The van der Waals surface area contributed by atoms with E-state index in [4.69, 9.17) is 5.73 Å². The van der Waals surface area contributed by atoms with Crippen molar-refractivity contribution in [1.82, 2.24) is 5.32 Å². The summed E-state index contributed by atoms with van der Waals surface area (Å²) in [6, 6.07) is 3.67. The number of nitrogens with two attached hydrogens (primary N) is 1. The van der Waals surface area contributed by atoms with E-state index in [0.29, 0.717) is 6.54 Å². The van der Waals surface area contributed by atoms with Crippen molar-refractivity contribution in [3.63, 3.8) is 0 Å². The van der Waals surface area contributed by atoms with Crippen molar-refractivity contribution in [2.24, 2.45) is 5.73 Å². The Morgan fingerprint density at radius 2 is 2.33 bits per heavy atom. The van der Waals surface area contributed by atoms with Crippen LogP contribution in [0.25, 0.3) is 0 Å². The summed E-state index contributed by atoms with van der Waals surface area (Å²) in [6.45, 7) is 6.53. The smallest absolute Gasteiger partial charge is 0.236 e. The fraction of sp³-hybridized carbons (Fsp3) is 0.545. The lowest BCUT2D eigenvalue weighted by Gasteiger charge is -2.24. The second kappa shape index (κ2) is 4.77. The monoisotopic (exact) mass is 226 g/mol. The van der Waals surface area contributed by atoms with E-state index in [9.17, 15) is 4.79 Å². The van der Waals surface area contributed by atoms with Crippen LogP contribution in [0.15, 0.2) is 17.5 Å². The first-order valence-corrected chi connectivity index (χ1v) is 5.89. The Morgan fingerprint density at radius 1 is 1.67 bits per heavy atom. The summed E-state index contributed by atoms with van der Waals surface area (Å²) >= 11 is 1.71. The lowest BCUT2D eigenvalue weighted by Crippen LogP contribution is -2.43. The molecule has 1 atom stereocenters. The highest BCUT2D eigenvalue weighted by Gasteiger charge is 2.22. The quantitative estimate of drug-likeness (QED) is 0.817. The van der Waals surface area contributed by atoms with Crippen molar-refractivity contribution >= 4 is 17.2 Å². The maximum Gasteiger partial charge on any atom is 0.236 e. The van der Waals surface area contributed by atoms with Gasteiger partial charge in [0.25, 0.3) is 0 Å². The number of carbonyl (C=O) groups excluding carboxylic acids is 1. The molecule has 0 aromatic carbocycles. The standard InChI is InChI=1S/C11H18N2OS/c1-8(12)10(14)13-7-11(2,3)9-5-4-6-15-9/h4-6,8H,7,12H2,1-3H3,(H,13,14). The minimum atomic E-state index is -0.441. The van der Waals surface area contributed by atoms with Crippen molar-refractivity contribution in [2.75, 3.05) is 6.54 Å². The predicted octanol–water partition coefficient (Wildman–Crippen LogP) is 1.49. The molecule has 1 amide bonds. The van der Waals surface area contributed by atoms with Crippen LogP contribution in [-0.4, -0.2) is 18.5 Å². The molecule has 0 fully saturated rings. The summed E-state index contributed by atoms with van der Waals surface area (Å²) in [5.41, 5.74) is 5.45. The highest BCUT2D eigenvalue weighted by Crippen LogP contribution is 2.26. The Bertz CT molecular complexity index is 317. The summed E-state index contributed by atoms with van der Waals surface area (Å²) in [5, 5.41) is 4.90. The zero-order chi connectivity index (χ0) is 11.5. The molecule has 0 radical (unpaired) electrons. The third-order valence-corrected chi connectivity index (χ3v) is 3.54. The second-order valence-electron chi connectivity index (χ2n) is 4.37. The molecular formula is C11H18N2OS. The van der Waals surface area contributed by atoms with Gasteiger partial charge >= 0.3 is 0 Å². The Morgan fingerprint density at radius 3 is 2.80 bits per heavy atom. The molecule has 1 unspecified atom stereocenters. The van der Waals surface area contributed by atoms with Gasteiger partial charge in [-0.25, -0.2) is 0 Å². The number of rotatable bonds is 4. The van der Waals surface area contributed by atoms with E-state index in [1.54, 1.807) is 18.3 Å². The van der Waals surface area contributed by atoms with Crippen molar-refractivity contribution in [3.05, 3.63) is 22.4 Å². The number of carbonyl (C=O) groups is 1. The maximum absolute atomic E-state index is 11.3. The molecule has 0 saturated carbocycles. The zero-order valence-corrected chi connectivity index (χ0v) is 10.2. The normalized spacial score (nSPS) is 13.6. The Labute approximate surface area is 94.7 Å². The van der Waals surface area contributed by atoms with Crippen LogP contribution in [-0.2, 0) is 10.2 Å². The van der Waals surface area contributed by atoms with Crippen LogP contribution in [0.3, 0.4) is 0 Å². The second-order valence-corrected chi connectivity index (χ2v) is 5.32. The van der Waals surface area contributed by atoms with Gasteiger partial charge in [0.1, 0.15) is 0 Å². The molecule has 0 aliphatic rings. The Hall–Kier alpha value is -0.870. The molecule has 1 rings (SSSR count). The molecule has 0 bridgehead atoms. The summed E-state index contributed by atoms with van der Waals surface area (Å²) < 4.78 is 0. The van der Waals surface area contributed by atoms with Crippen molar-refractivity contribution < 1.29 is 4.79 Å². The Kier molecular flexibility index (Phi) is 3.88. The van der Waals surface area contributed by atoms with Gasteiger partial charge in [0.15, 0.2) is 0 Å². The minimum Gasteiger partial charge on any atom is -0.354 e. The molecule has 3 N–H and O–H groups in total. The number of amides is 1. The molecular weight excluding hydrogens is 208 g/mol. The summed E-state index contributed by atoms with van der Waals surface area (Å²) in [6.07, 6.45) is 0. The topological polar surface area (TPSA) is 55.1 Å². The maximum atomic E-state index is 11.3. The van der Waals surface area contributed by atoms with Gasteiger partial charge in [-0.1, -0.05) is 19.9 Å². The molecule has 84 valence electrons. The first-order chi connectivity index (χ1) is 6.93. The molecule has 15 heavy (non-hydrogen) atoms. The van der Waals surface area contributed by atoms with Crippen LogP contribution in [0.1, 0.15) is 25.6 Å². The van der Waals surface area contributed by atoms with E-state index in [1.165, 1.54) is 4.88 Å². The van der Waals surface area contributed by atoms with E-state index >= 15 is 0 Å². The molecule has 0 aliphatic heterocycles. The third kappa shape index (κ3) is 3.32. The number of hydrogen-bond donors (Lipinski definition) is 2. The SMILES string of the molecule is CC(N)C(=O)NCC(C)(C)c1cccs1. The molecule has 0 spiro atoms. The van der Waals surface area contributed by atoms with Crippen LogP contribution in [0.4, 0.5) is 0 Å². The van der Waals surface area contributed by atoms with E-state index in [0.717, 1.165) is 0 Å². The fourth-order valence-electron chi connectivity index (χ4n) is 1.22. The van der Waals surface area contributed by atoms with Crippen molar-refractivity contribution in [3.8, 4) is 0 Å². The van der Waals surface area contributed by atoms with Crippen molar-refractivity contribution in [1.29, 1.82) is 0 Å². The summed E-state index contributed by atoms with van der Waals surface area (Å²) in [5.74, 6) is -0.0976. The van der Waals surface area contributed by atoms with Crippen molar-refractivity contribution in [2.45, 2.75) is 32.2 Å². The van der Waals surface area contributed by atoms with Gasteiger partial charge < -0.3 is 11.1 Å². The van der Waals surface area contributed by atoms with Gasteiger partial charge in [-0.15, -0.1) is 11.3 Å². The van der Waals surface area contributed by atoms with Crippen LogP contribution < -0.4 is 11.1 Å². The summed E-state index contributed by atoms with van der Waals surface area (Å²) in [4.78, 5) is 12.6. The number of hydrogen-bond acceptors (Lipinski definition) is 3. The number of thiophene rings is 1. The van der Waals surface area contributed by atoms with E-state index in [2.05, 4.69) is 25.2 Å². The van der Waals surface area contributed by atoms with Crippen LogP contribution >= 0.6 is 11.3 Å². The van der Waals surface area contributed by atoms with Gasteiger partial charge in [0.05, 0.1) is 6.04 Å². The first kappa shape index (κ1) is 12.2. The molecule has 0 saturated heterocycles. The van der Waals surface area contributed by atoms with Gasteiger partial charge in [-0.05, 0) is 18.4 Å². The molecule has 0 aliphatic carbocycles. The van der Waals surface area contributed by atoms with Crippen LogP contribution in [0, 0.1) is 0 Å². The minimum absolute atomic E-state index is 0.0291. The molecule has 1 aromatic rings. The molecule has 3 nitrogen and oxygen atoms in total. The largest absolute Gasteiger partial charge is 0.354 e. The van der Waals surface area contributed by atoms with E-state index in [-0.39, 0.29) is 11.3 Å².